The number of carbonyl (C=O) groups excluding carboxylic acids is 2. The van der Waals surface area contributed by atoms with E-state index in [4.69, 9.17) is 9.47 Å². The van der Waals surface area contributed by atoms with Crippen LogP contribution in [0, 0.1) is 0 Å². The fourth-order valence-electron chi connectivity index (χ4n) is 4.90. The number of ether oxygens (including phenoxy) is 2. The molecule has 1 aliphatic rings. The Morgan fingerprint density at radius 3 is 2.68 bits per heavy atom. The molecule has 7 nitrogen and oxygen atoms in total. The normalized spacial score (nSPS) is 18.5. The average molecular weight is 464 g/mol. The highest BCUT2D eigenvalue weighted by Gasteiger charge is 2.38. The second-order valence-electron chi connectivity index (χ2n) is 9.19. The quantitative estimate of drug-likeness (QED) is 0.479. The summed E-state index contributed by atoms with van der Waals surface area (Å²) >= 11 is 0. The summed E-state index contributed by atoms with van der Waals surface area (Å²) in [6, 6.07) is 16.1. The molecule has 34 heavy (non-hydrogen) atoms. The van der Waals surface area contributed by atoms with E-state index in [9.17, 15) is 9.59 Å². The Morgan fingerprint density at radius 1 is 1.15 bits per heavy atom. The standard InChI is InChI=1S/C27H33N3O4/c1-19(18-30-15-12-21-6-4-5-7-22(21)30)28-25(31)10-13-27(14-11-26(32)29-27)17-20-8-9-23(33-2)24(16-20)34-3/h4-9,12,15-16,19H,10-11,13-14,17-18H2,1-3H3,(H,28,31)(H,29,32). The van der Waals surface area contributed by atoms with E-state index < -0.39 is 5.54 Å². The molecule has 0 saturated carbocycles. The highest BCUT2D eigenvalue weighted by Crippen LogP contribution is 2.33. The van der Waals surface area contributed by atoms with Gasteiger partial charge in [0.2, 0.25) is 11.8 Å². The van der Waals surface area contributed by atoms with Crippen LogP contribution in [-0.4, -0.2) is 42.2 Å². The SMILES string of the molecule is COc1ccc(CC2(CCC(=O)NC(C)Cn3ccc4ccccc43)CCC(=O)N2)cc1OC. The molecule has 1 saturated heterocycles. The van der Waals surface area contributed by atoms with Gasteiger partial charge in [0, 0.05) is 42.7 Å². The maximum Gasteiger partial charge on any atom is 0.220 e. The topological polar surface area (TPSA) is 81.6 Å². The summed E-state index contributed by atoms with van der Waals surface area (Å²) in [7, 11) is 3.21. The minimum absolute atomic E-state index is 0.00297. The number of benzene rings is 2. The van der Waals surface area contributed by atoms with Gasteiger partial charge in [-0.2, -0.15) is 0 Å². The molecule has 2 N–H and O–H groups in total. The van der Waals surface area contributed by atoms with Crippen LogP contribution >= 0.6 is 0 Å². The van der Waals surface area contributed by atoms with Gasteiger partial charge in [-0.15, -0.1) is 0 Å². The van der Waals surface area contributed by atoms with Gasteiger partial charge >= 0.3 is 0 Å². The second kappa shape index (κ2) is 10.2. The van der Waals surface area contributed by atoms with Crippen molar-refractivity contribution in [1.82, 2.24) is 15.2 Å². The zero-order valence-corrected chi connectivity index (χ0v) is 20.1. The average Bonchev–Trinajstić information content (AvgIpc) is 3.41. The van der Waals surface area contributed by atoms with Crippen LogP contribution < -0.4 is 20.1 Å². The van der Waals surface area contributed by atoms with E-state index in [2.05, 4.69) is 39.6 Å². The molecule has 0 bridgehead atoms. The van der Waals surface area contributed by atoms with Crippen molar-refractivity contribution in [2.75, 3.05) is 14.2 Å². The number of nitrogens with zero attached hydrogens (tertiary/aromatic N) is 1. The Labute approximate surface area is 200 Å². The minimum atomic E-state index is -0.437. The number of para-hydroxylation sites is 1. The summed E-state index contributed by atoms with van der Waals surface area (Å²) in [5.41, 5.74) is 1.76. The maximum absolute atomic E-state index is 12.8. The number of nitrogens with one attached hydrogen (secondary N) is 2. The largest absolute Gasteiger partial charge is 0.493 e. The molecule has 180 valence electrons. The van der Waals surface area contributed by atoms with Crippen molar-refractivity contribution in [3.05, 3.63) is 60.3 Å². The van der Waals surface area contributed by atoms with Crippen molar-refractivity contribution in [1.29, 1.82) is 0 Å². The van der Waals surface area contributed by atoms with Crippen LogP contribution in [0.3, 0.4) is 0 Å². The molecule has 0 radical (unpaired) electrons. The Morgan fingerprint density at radius 2 is 1.94 bits per heavy atom. The first-order valence-corrected chi connectivity index (χ1v) is 11.8. The molecule has 2 aromatic carbocycles. The van der Waals surface area contributed by atoms with Gasteiger partial charge in [-0.05, 0) is 61.4 Å². The Kier molecular flexibility index (Phi) is 7.10. The number of methoxy groups -OCH3 is 2. The minimum Gasteiger partial charge on any atom is -0.493 e. The maximum atomic E-state index is 12.8. The lowest BCUT2D eigenvalue weighted by molar-refractivity contribution is -0.123. The number of rotatable bonds is 10. The van der Waals surface area contributed by atoms with Gasteiger partial charge in [-0.1, -0.05) is 24.3 Å². The third-order valence-corrected chi connectivity index (χ3v) is 6.61. The summed E-state index contributed by atoms with van der Waals surface area (Å²) in [6.45, 7) is 2.72. The molecule has 3 aromatic rings. The highest BCUT2D eigenvalue weighted by atomic mass is 16.5. The molecule has 4 rings (SSSR count). The van der Waals surface area contributed by atoms with E-state index >= 15 is 0 Å². The van der Waals surface area contributed by atoms with Crippen LogP contribution in [0.5, 0.6) is 11.5 Å². The fraction of sp³-hybridized carbons (Fsp3) is 0.407. The molecule has 2 heterocycles. The van der Waals surface area contributed by atoms with Crippen LogP contribution in [0.25, 0.3) is 10.9 Å². The van der Waals surface area contributed by atoms with Crippen molar-refractivity contribution in [2.24, 2.45) is 0 Å². The van der Waals surface area contributed by atoms with Crippen LogP contribution in [0.4, 0.5) is 0 Å². The van der Waals surface area contributed by atoms with Crippen molar-refractivity contribution >= 4 is 22.7 Å². The predicted octanol–water partition coefficient (Wildman–Crippen LogP) is 3.83. The Bertz CT molecular complexity index is 1170. The summed E-state index contributed by atoms with van der Waals surface area (Å²) in [5.74, 6) is 1.36. The van der Waals surface area contributed by atoms with E-state index in [1.54, 1.807) is 14.2 Å². The van der Waals surface area contributed by atoms with Gasteiger partial charge < -0.3 is 24.7 Å². The molecular weight excluding hydrogens is 430 g/mol. The van der Waals surface area contributed by atoms with Crippen LogP contribution in [0.15, 0.2) is 54.7 Å². The van der Waals surface area contributed by atoms with Gasteiger partial charge in [0.1, 0.15) is 0 Å². The van der Waals surface area contributed by atoms with Gasteiger partial charge in [-0.3, -0.25) is 9.59 Å². The molecule has 0 aliphatic carbocycles. The molecule has 2 unspecified atom stereocenters. The molecule has 1 aliphatic heterocycles. The lowest BCUT2D eigenvalue weighted by Crippen LogP contribution is -2.45. The summed E-state index contributed by atoms with van der Waals surface area (Å²) in [5, 5.41) is 7.47. The zero-order valence-electron chi connectivity index (χ0n) is 20.1. The Balaban J connectivity index is 1.37. The number of fused-ring (bicyclic) bond motifs is 1. The van der Waals surface area contributed by atoms with Gasteiger partial charge in [-0.25, -0.2) is 0 Å². The first-order valence-electron chi connectivity index (χ1n) is 11.8. The third kappa shape index (κ3) is 5.35. The molecule has 2 atom stereocenters. The van der Waals surface area contributed by atoms with E-state index in [-0.39, 0.29) is 17.9 Å². The fourth-order valence-corrected chi connectivity index (χ4v) is 4.90. The molecule has 1 aromatic heterocycles. The van der Waals surface area contributed by atoms with E-state index in [0.717, 1.165) is 11.1 Å². The van der Waals surface area contributed by atoms with Crippen molar-refractivity contribution in [3.63, 3.8) is 0 Å². The lowest BCUT2D eigenvalue weighted by Gasteiger charge is -2.30. The van der Waals surface area contributed by atoms with Gasteiger partial charge in [0.15, 0.2) is 11.5 Å². The van der Waals surface area contributed by atoms with E-state index in [1.807, 2.05) is 37.3 Å². The van der Waals surface area contributed by atoms with Crippen LogP contribution in [0.2, 0.25) is 0 Å². The van der Waals surface area contributed by atoms with Crippen molar-refractivity contribution < 1.29 is 19.1 Å². The highest BCUT2D eigenvalue weighted by molar-refractivity contribution is 5.81. The smallest absolute Gasteiger partial charge is 0.220 e. The van der Waals surface area contributed by atoms with Gasteiger partial charge in [0.25, 0.3) is 0 Å². The first kappa shape index (κ1) is 23.7. The number of amides is 2. The summed E-state index contributed by atoms with van der Waals surface area (Å²) < 4.78 is 12.9. The number of hydrogen-bond acceptors (Lipinski definition) is 4. The van der Waals surface area contributed by atoms with Crippen molar-refractivity contribution in [2.45, 2.75) is 57.2 Å². The van der Waals surface area contributed by atoms with Crippen LogP contribution in [-0.2, 0) is 22.6 Å². The molecular formula is C27H33N3O4. The molecule has 1 fully saturated rings. The van der Waals surface area contributed by atoms with E-state index in [1.165, 1.54) is 5.39 Å². The molecule has 0 spiro atoms. The summed E-state index contributed by atoms with van der Waals surface area (Å²) in [4.78, 5) is 24.9. The number of carbonyl (C=O) groups is 2. The lowest BCUT2D eigenvalue weighted by atomic mass is 9.84. The second-order valence-corrected chi connectivity index (χ2v) is 9.19. The monoisotopic (exact) mass is 463 g/mol. The van der Waals surface area contributed by atoms with Crippen molar-refractivity contribution in [3.8, 4) is 11.5 Å². The third-order valence-electron chi connectivity index (χ3n) is 6.61. The number of hydrogen-bond donors (Lipinski definition) is 2. The molecule has 7 heteroatoms. The molecule has 2 amide bonds. The summed E-state index contributed by atoms with van der Waals surface area (Å²) in [6.07, 6.45) is 4.81. The van der Waals surface area contributed by atoms with E-state index in [0.29, 0.717) is 50.1 Å². The van der Waals surface area contributed by atoms with Gasteiger partial charge in [0.05, 0.1) is 14.2 Å². The zero-order chi connectivity index (χ0) is 24.1. The number of aromatic nitrogens is 1. The Hall–Kier alpha value is -3.48. The predicted molar refractivity (Wildman–Crippen MR) is 132 cm³/mol. The first-order chi connectivity index (χ1) is 16.4. The van der Waals surface area contributed by atoms with Crippen LogP contribution in [0.1, 0.15) is 38.2 Å².